The quantitative estimate of drug-likeness (QED) is 0.698. The third-order valence-corrected chi connectivity index (χ3v) is 1.70. The Balaban J connectivity index is 3.09. The molecule has 0 atom stereocenters. The second-order valence-corrected chi connectivity index (χ2v) is 2.59. The van der Waals surface area contributed by atoms with Crippen LogP contribution in [0, 0.1) is 11.8 Å². The standard InChI is InChI=1S/C9H12N2O/c1-3-10-8-6-4-5-7(2)9(8)11-12/h4-6,10H,3H2,1-2H3. The molecule has 1 N–H and O–H groups in total. The highest BCUT2D eigenvalue weighted by atomic mass is 16.3. The number of nitrogens with zero attached hydrogens (tertiary/aromatic N) is 1. The van der Waals surface area contributed by atoms with Gasteiger partial charge in [0.05, 0.1) is 5.69 Å². The van der Waals surface area contributed by atoms with Gasteiger partial charge in [-0.2, -0.15) is 0 Å². The number of rotatable bonds is 3. The van der Waals surface area contributed by atoms with Crippen LogP contribution in [0.4, 0.5) is 11.4 Å². The molecule has 3 nitrogen and oxygen atoms in total. The first-order valence-corrected chi connectivity index (χ1v) is 3.96. The van der Waals surface area contributed by atoms with Gasteiger partial charge in [-0.05, 0) is 30.7 Å². The number of nitroso groups, excluding NO2 is 1. The van der Waals surface area contributed by atoms with E-state index in [1.54, 1.807) is 0 Å². The molecule has 0 saturated heterocycles. The molecule has 0 saturated carbocycles. The molecular weight excluding hydrogens is 152 g/mol. The monoisotopic (exact) mass is 164 g/mol. The van der Waals surface area contributed by atoms with E-state index in [0.717, 1.165) is 17.8 Å². The highest BCUT2D eigenvalue weighted by Gasteiger charge is 2.03. The predicted molar refractivity (Wildman–Crippen MR) is 50.8 cm³/mol. The van der Waals surface area contributed by atoms with Gasteiger partial charge in [0.25, 0.3) is 0 Å². The lowest BCUT2D eigenvalue weighted by Crippen LogP contribution is -1.96. The highest BCUT2D eigenvalue weighted by molar-refractivity contribution is 5.68. The number of aryl methyl sites for hydroxylation is 1. The molecule has 0 heterocycles. The Kier molecular flexibility index (Phi) is 2.80. The van der Waals surface area contributed by atoms with Crippen LogP contribution >= 0.6 is 0 Å². The van der Waals surface area contributed by atoms with Crippen molar-refractivity contribution in [2.75, 3.05) is 11.9 Å². The van der Waals surface area contributed by atoms with Gasteiger partial charge >= 0.3 is 0 Å². The summed E-state index contributed by atoms with van der Waals surface area (Å²) in [5.74, 6) is 0. The fourth-order valence-corrected chi connectivity index (χ4v) is 1.11. The lowest BCUT2D eigenvalue weighted by molar-refractivity contribution is 1.20. The molecule has 0 amide bonds. The highest BCUT2D eigenvalue weighted by Crippen LogP contribution is 2.27. The Hall–Kier alpha value is -1.38. The van der Waals surface area contributed by atoms with E-state index in [2.05, 4.69) is 10.5 Å². The molecule has 0 aliphatic carbocycles. The average Bonchev–Trinajstić information content (AvgIpc) is 2.05. The fourth-order valence-electron chi connectivity index (χ4n) is 1.11. The molecular formula is C9H12N2O. The van der Waals surface area contributed by atoms with E-state index in [-0.39, 0.29) is 0 Å². The maximum absolute atomic E-state index is 10.4. The summed E-state index contributed by atoms with van der Waals surface area (Å²) >= 11 is 0. The number of nitrogens with one attached hydrogen (secondary N) is 1. The van der Waals surface area contributed by atoms with E-state index < -0.39 is 0 Å². The SMILES string of the molecule is CCNc1cccc(C)c1N=O. The topological polar surface area (TPSA) is 41.5 Å². The normalized spacial score (nSPS) is 9.50. The minimum atomic E-state index is 0.513. The van der Waals surface area contributed by atoms with Crippen molar-refractivity contribution in [3.8, 4) is 0 Å². The third kappa shape index (κ3) is 1.61. The first kappa shape index (κ1) is 8.71. The van der Waals surface area contributed by atoms with Crippen molar-refractivity contribution in [3.05, 3.63) is 28.7 Å². The molecule has 0 fully saturated rings. The van der Waals surface area contributed by atoms with Gasteiger partial charge in [0.2, 0.25) is 0 Å². The first-order valence-electron chi connectivity index (χ1n) is 3.96. The Bertz CT molecular complexity index is 284. The summed E-state index contributed by atoms with van der Waals surface area (Å²) in [4.78, 5) is 10.4. The van der Waals surface area contributed by atoms with Crippen LogP contribution in [0.1, 0.15) is 12.5 Å². The van der Waals surface area contributed by atoms with Crippen LogP contribution in [0.25, 0.3) is 0 Å². The molecule has 0 radical (unpaired) electrons. The summed E-state index contributed by atoms with van der Waals surface area (Å²) in [6, 6.07) is 5.63. The summed E-state index contributed by atoms with van der Waals surface area (Å²) < 4.78 is 0. The van der Waals surface area contributed by atoms with E-state index in [1.807, 2.05) is 32.0 Å². The van der Waals surface area contributed by atoms with Crippen LogP contribution in [0.2, 0.25) is 0 Å². The molecule has 0 spiro atoms. The molecule has 0 aromatic heterocycles. The summed E-state index contributed by atoms with van der Waals surface area (Å²) in [7, 11) is 0. The zero-order valence-electron chi connectivity index (χ0n) is 7.29. The minimum Gasteiger partial charge on any atom is -0.383 e. The summed E-state index contributed by atoms with van der Waals surface area (Å²) in [5.41, 5.74) is 2.23. The zero-order chi connectivity index (χ0) is 8.97. The van der Waals surface area contributed by atoms with Crippen molar-refractivity contribution >= 4 is 11.4 Å². The van der Waals surface area contributed by atoms with Crippen molar-refractivity contribution in [2.45, 2.75) is 13.8 Å². The van der Waals surface area contributed by atoms with E-state index in [0.29, 0.717) is 5.69 Å². The van der Waals surface area contributed by atoms with Gasteiger partial charge in [-0.3, -0.25) is 0 Å². The van der Waals surface area contributed by atoms with Crippen LogP contribution in [0.3, 0.4) is 0 Å². The van der Waals surface area contributed by atoms with Gasteiger partial charge in [-0.15, -0.1) is 4.91 Å². The third-order valence-electron chi connectivity index (χ3n) is 1.70. The molecule has 1 aromatic rings. The molecule has 3 heteroatoms. The minimum absolute atomic E-state index is 0.513. The van der Waals surface area contributed by atoms with Crippen molar-refractivity contribution in [1.82, 2.24) is 0 Å². The van der Waals surface area contributed by atoms with Crippen LogP contribution in [0.15, 0.2) is 23.4 Å². The second kappa shape index (κ2) is 3.85. The zero-order valence-corrected chi connectivity index (χ0v) is 7.29. The van der Waals surface area contributed by atoms with Crippen molar-refractivity contribution < 1.29 is 0 Å². The molecule has 1 rings (SSSR count). The van der Waals surface area contributed by atoms with Gasteiger partial charge in [0.1, 0.15) is 5.69 Å². The van der Waals surface area contributed by atoms with Gasteiger partial charge in [0, 0.05) is 6.54 Å². The Morgan fingerprint density at radius 2 is 2.25 bits per heavy atom. The second-order valence-electron chi connectivity index (χ2n) is 2.59. The largest absolute Gasteiger partial charge is 0.383 e. The number of anilines is 1. The lowest BCUT2D eigenvalue weighted by atomic mass is 10.2. The first-order chi connectivity index (χ1) is 5.79. The van der Waals surface area contributed by atoms with Gasteiger partial charge < -0.3 is 5.32 Å². The van der Waals surface area contributed by atoms with Crippen molar-refractivity contribution in [2.24, 2.45) is 5.18 Å². The van der Waals surface area contributed by atoms with Crippen LogP contribution in [-0.4, -0.2) is 6.54 Å². The van der Waals surface area contributed by atoms with Gasteiger partial charge in [0.15, 0.2) is 0 Å². The molecule has 0 aliphatic rings. The van der Waals surface area contributed by atoms with Crippen LogP contribution in [0.5, 0.6) is 0 Å². The van der Waals surface area contributed by atoms with Crippen molar-refractivity contribution in [3.63, 3.8) is 0 Å². The lowest BCUT2D eigenvalue weighted by Gasteiger charge is -2.06. The predicted octanol–water partition coefficient (Wildman–Crippen LogP) is 2.82. The fraction of sp³-hybridized carbons (Fsp3) is 0.333. The average molecular weight is 164 g/mol. The van der Waals surface area contributed by atoms with E-state index in [9.17, 15) is 4.91 Å². The van der Waals surface area contributed by atoms with E-state index >= 15 is 0 Å². The van der Waals surface area contributed by atoms with Gasteiger partial charge in [-0.25, -0.2) is 0 Å². The Labute approximate surface area is 71.8 Å². The van der Waals surface area contributed by atoms with E-state index in [1.165, 1.54) is 0 Å². The molecule has 12 heavy (non-hydrogen) atoms. The van der Waals surface area contributed by atoms with Gasteiger partial charge in [-0.1, -0.05) is 12.1 Å². The number of benzene rings is 1. The maximum atomic E-state index is 10.4. The molecule has 64 valence electrons. The smallest absolute Gasteiger partial charge is 0.133 e. The summed E-state index contributed by atoms with van der Waals surface area (Å²) in [6.45, 7) is 4.65. The van der Waals surface area contributed by atoms with Crippen LogP contribution in [-0.2, 0) is 0 Å². The van der Waals surface area contributed by atoms with Crippen LogP contribution < -0.4 is 5.32 Å². The Morgan fingerprint density at radius 1 is 1.50 bits per heavy atom. The number of hydrogen-bond donors (Lipinski definition) is 1. The van der Waals surface area contributed by atoms with Crippen molar-refractivity contribution in [1.29, 1.82) is 0 Å². The molecule has 0 aliphatic heterocycles. The Morgan fingerprint density at radius 3 is 2.83 bits per heavy atom. The summed E-state index contributed by atoms with van der Waals surface area (Å²) in [5, 5.41) is 6.05. The summed E-state index contributed by atoms with van der Waals surface area (Å²) in [6.07, 6.45) is 0. The molecule has 1 aromatic carbocycles. The molecule has 0 unspecified atom stereocenters. The van der Waals surface area contributed by atoms with E-state index in [4.69, 9.17) is 0 Å². The maximum Gasteiger partial charge on any atom is 0.133 e. The number of hydrogen-bond acceptors (Lipinski definition) is 3. The molecule has 0 bridgehead atoms.